The number of hydrogen-bond acceptors (Lipinski definition) is 7. The Balaban J connectivity index is 2.03. The average molecular weight is 448 g/mol. The molecule has 1 atom stereocenters. The Morgan fingerprint density at radius 1 is 0.968 bits per heavy atom. The monoisotopic (exact) mass is 448 g/mol. The third-order valence-electron chi connectivity index (χ3n) is 4.21. The summed E-state index contributed by atoms with van der Waals surface area (Å²) >= 11 is 0. The summed E-state index contributed by atoms with van der Waals surface area (Å²) in [5, 5.41) is 2.47. The van der Waals surface area contributed by atoms with Crippen LogP contribution in [0.5, 0.6) is 0 Å². The minimum atomic E-state index is -3.96. The molecule has 0 heterocycles. The van der Waals surface area contributed by atoms with Gasteiger partial charge in [-0.3, -0.25) is 9.59 Å². The molecule has 2 N–H and O–H groups in total. The van der Waals surface area contributed by atoms with Crippen molar-refractivity contribution in [1.82, 2.24) is 4.72 Å². The third-order valence-corrected chi connectivity index (χ3v) is 5.67. The SMILES string of the molecule is COC(=O)c1ccccc1NC(=O)COC(=O)[C@H](NS(=O)(=O)c1ccccc1)C(C)C. The lowest BCUT2D eigenvalue weighted by molar-refractivity contribution is -0.150. The van der Waals surface area contributed by atoms with Crippen molar-refractivity contribution in [3.63, 3.8) is 0 Å². The number of carbonyl (C=O) groups excluding carboxylic acids is 3. The van der Waals surface area contributed by atoms with Crippen LogP contribution in [-0.4, -0.2) is 46.0 Å². The highest BCUT2D eigenvalue weighted by Crippen LogP contribution is 2.16. The van der Waals surface area contributed by atoms with E-state index in [2.05, 4.69) is 14.8 Å². The molecule has 2 aromatic rings. The first-order chi connectivity index (χ1) is 14.7. The topological polar surface area (TPSA) is 128 Å². The maximum Gasteiger partial charge on any atom is 0.339 e. The van der Waals surface area contributed by atoms with Crippen molar-refractivity contribution in [2.45, 2.75) is 24.8 Å². The molecule has 2 rings (SSSR count). The van der Waals surface area contributed by atoms with Gasteiger partial charge in [0.2, 0.25) is 10.0 Å². The van der Waals surface area contributed by atoms with E-state index < -0.39 is 46.4 Å². The third kappa shape index (κ3) is 6.63. The first-order valence-corrected chi connectivity index (χ1v) is 10.8. The molecule has 0 aliphatic carbocycles. The molecule has 0 saturated heterocycles. The van der Waals surface area contributed by atoms with Crippen LogP contribution in [0.25, 0.3) is 0 Å². The number of nitrogens with one attached hydrogen (secondary N) is 2. The molecule has 0 aliphatic rings. The lowest BCUT2D eigenvalue weighted by Crippen LogP contribution is -2.45. The predicted molar refractivity (Wildman–Crippen MR) is 113 cm³/mol. The number of para-hydroxylation sites is 1. The van der Waals surface area contributed by atoms with Crippen LogP contribution in [0.4, 0.5) is 5.69 Å². The number of benzene rings is 2. The van der Waals surface area contributed by atoms with Crippen LogP contribution in [-0.2, 0) is 29.1 Å². The van der Waals surface area contributed by atoms with E-state index in [1.807, 2.05) is 0 Å². The summed E-state index contributed by atoms with van der Waals surface area (Å²) in [6.07, 6.45) is 0. The smallest absolute Gasteiger partial charge is 0.339 e. The Hall–Kier alpha value is -3.24. The van der Waals surface area contributed by atoms with Crippen molar-refractivity contribution in [2.24, 2.45) is 5.92 Å². The molecule has 166 valence electrons. The Kier molecular flexibility index (Phi) is 8.29. The number of hydrogen-bond donors (Lipinski definition) is 2. The zero-order valence-electron chi connectivity index (χ0n) is 17.3. The van der Waals surface area contributed by atoms with Crippen LogP contribution in [0, 0.1) is 5.92 Å². The van der Waals surface area contributed by atoms with Gasteiger partial charge in [-0.25, -0.2) is 13.2 Å². The maximum absolute atomic E-state index is 12.5. The van der Waals surface area contributed by atoms with Gasteiger partial charge in [-0.1, -0.05) is 44.2 Å². The van der Waals surface area contributed by atoms with Gasteiger partial charge in [-0.2, -0.15) is 4.72 Å². The fourth-order valence-corrected chi connectivity index (χ4v) is 3.94. The first kappa shape index (κ1) is 24.0. The maximum atomic E-state index is 12.5. The van der Waals surface area contributed by atoms with Crippen molar-refractivity contribution in [1.29, 1.82) is 0 Å². The van der Waals surface area contributed by atoms with E-state index in [1.54, 1.807) is 44.2 Å². The summed E-state index contributed by atoms with van der Waals surface area (Å²) in [4.78, 5) is 36.4. The fourth-order valence-electron chi connectivity index (χ4n) is 2.58. The Morgan fingerprint density at radius 2 is 1.58 bits per heavy atom. The quantitative estimate of drug-likeness (QED) is 0.561. The zero-order chi connectivity index (χ0) is 23.0. The first-order valence-electron chi connectivity index (χ1n) is 9.37. The van der Waals surface area contributed by atoms with Gasteiger partial charge in [0.25, 0.3) is 5.91 Å². The summed E-state index contributed by atoms with van der Waals surface area (Å²) in [6, 6.07) is 12.6. The second kappa shape index (κ2) is 10.7. The van der Waals surface area contributed by atoms with Crippen LogP contribution in [0.1, 0.15) is 24.2 Å². The molecule has 0 aromatic heterocycles. The number of rotatable bonds is 9. The van der Waals surface area contributed by atoms with Crippen LogP contribution >= 0.6 is 0 Å². The van der Waals surface area contributed by atoms with Crippen LogP contribution in [0.15, 0.2) is 59.5 Å². The van der Waals surface area contributed by atoms with Gasteiger partial charge in [-0.15, -0.1) is 0 Å². The Morgan fingerprint density at radius 3 is 2.19 bits per heavy atom. The highest BCUT2D eigenvalue weighted by molar-refractivity contribution is 7.89. The van der Waals surface area contributed by atoms with E-state index >= 15 is 0 Å². The largest absolute Gasteiger partial charge is 0.465 e. The number of methoxy groups -OCH3 is 1. The highest BCUT2D eigenvalue weighted by Gasteiger charge is 2.30. The fraction of sp³-hybridized carbons (Fsp3) is 0.286. The van der Waals surface area contributed by atoms with Crippen molar-refractivity contribution in [3.8, 4) is 0 Å². The standard InChI is InChI=1S/C21H24N2O7S/c1-14(2)19(23-31(27,28)15-9-5-4-6-10-15)21(26)30-13-18(24)22-17-12-8-7-11-16(17)20(25)29-3/h4-12,14,19,23H,13H2,1-3H3,(H,22,24)/t19-/m1/s1. The lowest BCUT2D eigenvalue weighted by atomic mass is 10.1. The summed E-state index contributed by atoms with van der Waals surface area (Å²) in [5.74, 6) is -2.67. The Bertz CT molecular complexity index is 1040. The normalized spacial score (nSPS) is 12.1. The molecule has 1 amide bonds. The van der Waals surface area contributed by atoms with Gasteiger partial charge >= 0.3 is 11.9 Å². The van der Waals surface area contributed by atoms with E-state index in [0.29, 0.717) is 0 Å². The van der Waals surface area contributed by atoms with E-state index in [0.717, 1.165) is 0 Å². The minimum absolute atomic E-state index is 0.00519. The second-order valence-electron chi connectivity index (χ2n) is 6.85. The highest BCUT2D eigenvalue weighted by atomic mass is 32.2. The van der Waals surface area contributed by atoms with Gasteiger partial charge in [-0.05, 0) is 30.2 Å². The van der Waals surface area contributed by atoms with Gasteiger partial charge in [0.1, 0.15) is 6.04 Å². The molecule has 0 radical (unpaired) electrons. The van der Waals surface area contributed by atoms with E-state index in [9.17, 15) is 22.8 Å². The second-order valence-corrected chi connectivity index (χ2v) is 8.56. The molecule has 0 saturated carbocycles. The van der Waals surface area contributed by atoms with Gasteiger partial charge in [0.05, 0.1) is 23.3 Å². The van der Waals surface area contributed by atoms with Gasteiger partial charge < -0.3 is 14.8 Å². The molecule has 10 heteroatoms. The number of sulfonamides is 1. The van der Waals surface area contributed by atoms with E-state index in [4.69, 9.17) is 4.74 Å². The molecule has 9 nitrogen and oxygen atoms in total. The zero-order valence-corrected chi connectivity index (χ0v) is 18.1. The predicted octanol–water partition coefficient (Wildman–Crippen LogP) is 1.96. The molecule has 0 aliphatic heterocycles. The summed E-state index contributed by atoms with van der Waals surface area (Å²) in [6.45, 7) is 2.63. The van der Waals surface area contributed by atoms with Crippen LogP contribution in [0.2, 0.25) is 0 Å². The van der Waals surface area contributed by atoms with Crippen molar-refractivity contribution in [3.05, 3.63) is 60.2 Å². The summed E-state index contributed by atoms with van der Waals surface area (Å²) < 4.78 is 37.0. The number of amides is 1. The molecule has 0 spiro atoms. The molecular weight excluding hydrogens is 424 g/mol. The van der Waals surface area contributed by atoms with Crippen LogP contribution in [0.3, 0.4) is 0 Å². The van der Waals surface area contributed by atoms with E-state index in [1.165, 1.54) is 31.4 Å². The molecule has 0 fully saturated rings. The van der Waals surface area contributed by atoms with Crippen LogP contribution < -0.4 is 10.0 Å². The number of carbonyl (C=O) groups is 3. The van der Waals surface area contributed by atoms with Crippen molar-refractivity contribution in [2.75, 3.05) is 19.0 Å². The molecule has 2 aromatic carbocycles. The van der Waals surface area contributed by atoms with Gasteiger partial charge in [0, 0.05) is 0 Å². The van der Waals surface area contributed by atoms with E-state index in [-0.39, 0.29) is 16.1 Å². The average Bonchev–Trinajstić information content (AvgIpc) is 2.76. The molecular formula is C21H24N2O7S. The number of esters is 2. The summed E-state index contributed by atoms with van der Waals surface area (Å²) in [7, 11) is -2.74. The van der Waals surface area contributed by atoms with Gasteiger partial charge in [0.15, 0.2) is 6.61 Å². The van der Waals surface area contributed by atoms with Crippen molar-refractivity contribution >= 4 is 33.6 Å². The number of ether oxygens (including phenoxy) is 2. The Labute approximate surface area is 180 Å². The minimum Gasteiger partial charge on any atom is -0.465 e. The molecule has 31 heavy (non-hydrogen) atoms. The molecule has 0 unspecified atom stereocenters. The lowest BCUT2D eigenvalue weighted by Gasteiger charge is -2.20. The number of anilines is 1. The molecule has 0 bridgehead atoms. The summed E-state index contributed by atoms with van der Waals surface area (Å²) in [5.41, 5.74) is 0.334. The van der Waals surface area contributed by atoms with Crippen molar-refractivity contribution < 1.29 is 32.3 Å².